The largest absolute Gasteiger partial charge is 0.480 e. The first-order chi connectivity index (χ1) is 5.70. The third-order valence-electron chi connectivity index (χ3n) is 3.64. The fourth-order valence-corrected chi connectivity index (χ4v) is 2.66. The molecule has 2 N–H and O–H groups in total. The fraction of sp³-hybridized carbons (Fsp3) is 0.889. The van der Waals surface area contributed by atoms with Crippen molar-refractivity contribution in [3.05, 3.63) is 0 Å². The molecule has 2 aliphatic carbocycles. The van der Waals surface area contributed by atoms with Gasteiger partial charge in [-0.2, -0.15) is 0 Å². The van der Waals surface area contributed by atoms with Crippen LogP contribution in [0.1, 0.15) is 25.7 Å². The second-order valence-electron chi connectivity index (χ2n) is 4.60. The van der Waals surface area contributed by atoms with Crippen molar-refractivity contribution in [2.24, 2.45) is 11.8 Å². The normalized spacial score (nSPS) is 46.8. The maximum Gasteiger partial charge on any atom is 0.321 e. The Morgan fingerprint density at radius 2 is 2.25 bits per heavy atom. The summed E-state index contributed by atoms with van der Waals surface area (Å²) in [5.74, 6) is 0.539. The van der Waals surface area contributed by atoms with E-state index >= 15 is 0 Å². The summed E-state index contributed by atoms with van der Waals surface area (Å²) in [6.45, 7) is 0. The van der Waals surface area contributed by atoms with Crippen molar-refractivity contribution in [2.45, 2.75) is 37.3 Å². The number of fused-ring (bicyclic) bond motifs is 1. The van der Waals surface area contributed by atoms with E-state index in [0.717, 1.165) is 12.3 Å². The molecule has 0 amide bonds. The Morgan fingerprint density at radius 3 is 2.83 bits per heavy atom. The first-order valence-corrected chi connectivity index (χ1v) is 4.71. The Kier molecular flexibility index (Phi) is 1.06. The van der Waals surface area contributed by atoms with Crippen LogP contribution in [0.15, 0.2) is 0 Å². The van der Waals surface area contributed by atoms with Crippen LogP contribution >= 0.6 is 0 Å². The van der Waals surface area contributed by atoms with Gasteiger partial charge in [0.15, 0.2) is 0 Å². The summed E-state index contributed by atoms with van der Waals surface area (Å²) in [6, 6.07) is -0.230. The molecule has 66 valence electrons. The van der Waals surface area contributed by atoms with Gasteiger partial charge in [-0.05, 0) is 37.5 Å². The van der Waals surface area contributed by atoms with E-state index in [9.17, 15) is 4.79 Å². The molecule has 3 atom stereocenters. The molecule has 1 spiro atoms. The highest BCUT2D eigenvalue weighted by Crippen LogP contribution is 2.56. The minimum absolute atomic E-state index is 0.230. The maximum absolute atomic E-state index is 10.8. The number of carbonyl (C=O) groups is 1. The van der Waals surface area contributed by atoms with Crippen LogP contribution in [0.25, 0.3) is 0 Å². The van der Waals surface area contributed by atoms with E-state index in [4.69, 9.17) is 5.11 Å². The first-order valence-electron chi connectivity index (χ1n) is 4.71. The predicted octanol–water partition coefficient (Wildman–Crippen LogP) is 0.602. The number of piperidine rings is 1. The summed E-state index contributed by atoms with van der Waals surface area (Å²) in [7, 11) is 0. The lowest BCUT2D eigenvalue weighted by atomic mass is 9.97. The highest BCUT2D eigenvalue weighted by Gasteiger charge is 2.60. The molecule has 3 heteroatoms. The van der Waals surface area contributed by atoms with Crippen molar-refractivity contribution in [2.75, 3.05) is 0 Å². The van der Waals surface area contributed by atoms with Crippen molar-refractivity contribution in [3.8, 4) is 0 Å². The second-order valence-corrected chi connectivity index (χ2v) is 4.60. The highest BCUT2D eigenvalue weighted by molar-refractivity contribution is 5.75. The summed E-state index contributed by atoms with van der Waals surface area (Å²) in [5.41, 5.74) is 0.265. The van der Waals surface area contributed by atoms with E-state index < -0.39 is 5.97 Å². The average Bonchev–Trinajstić information content (AvgIpc) is 2.87. The molecule has 3 unspecified atom stereocenters. The van der Waals surface area contributed by atoms with Gasteiger partial charge in [-0.15, -0.1) is 0 Å². The standard InChI is InChI=1S/C9H13NO2/c11-8(12)7-6-3-5(6)4-9(10-7)1-2-9/h5-7,10H,1-4H2,(H,11,12). The van der Waals surface area contributed by atoms with Gasteiger partial charge < -0.3 is 5.11 Å². The first kappa shape index (κ1) is 6.89. The molecule has 3 nitrogen and oxygen atoms in total. The molecule has 0 aromatic heterocycles. The molecule has 1 heterocycles. The molecule has 0 aromatic carbocycles. The third-order valence-corrected chi connectivity index (χ3v) is 3.64. The van der Waals surface area contributed by atoms with E-state index in [1.807, 2.05) is 0 Å². The molecule has 3 aliphatic rings. The molecule has 1 aliphatic heterocycles. The lowest BCUT2D eigenvalue weighted by Gasteiger charge is -2.27. The summed E-state index contributed by atoms with van der Waals surface area (Å²) in [5, 5.41) is 12.2. The molecule has 3 rings (SSSR count). The van der Waals surface area contributed by atoms with Crippen LogP contribution < -0.4 is 5.32 Å². The minimum atomic E-state index is -0.645. The van der Waals surface area contributed by atoms with Crippen molar-refractivity contribution in [3.63, 3.8) is 0 Å². The van der Waals surface area contributed by atoms with E-state index in [0.29, 0.717) is 5.92 Å². The highest BCUT2D eigenvalue weighted by atomic mass is 16.4. The van der Waals surface area contributed by atoms with Crippen LogP contribution in [0.4, 0.5) is 0 Å². The zero-order valence-corrected chi connectivity index (χ0v) is 6.92. The summed E-state index contributed by atoms with van der Waals surface area (Å²) in [4.78, 5) is 10.8. The number of hydrogen-bond donors (Lipinski definition) is 2. The monoisotopic (exact) mass is 167 g/mol. The van der Waals surface area contributed by atoms with Gasteiger partial charge in [-0.3, -0.25) is 10.1 Å². The molecule has 3 fully saturated rings. The van der Waals surface area contributed by atoms with Crippen LogP contribution in [-0.4, -0.2) is 22.7 Å². The van der Waals surface area contributed by atoms with Crippen molar-refractivity contribution < 1.29 is 9.90 Å². The van der Waals surface area contributed by atoms with E-state index in [-0.39, 0.29) is 11.6 Å². The zero-order chi connectivity index (χ0) is 8.34. The summed E-state index contributed by atoms with van der Waals surface area (Å²) < 4.78 is 0. The molecule has 12 heavy (non-hydrogen) atoms. The fourth-order valence-electron chi connectivity index (χ4n) is 2.66. The Labute approximate surface area is 71.1 Å². The number of carboxylic acids is 1. The van der Waals surface area contributed by atoms with E-state index in [2.05, 4.69) is 5.32 Å². The van der Waals surface area contributed by atoms with Gasteiger partial charge in [0, 0.05) is 5.54 Å². The van der Waals surface area contributed by atoms with Gasteiger partial charge in [0.2, 0.25) is 0 Å². The van der Waals surface area contributed by atoms with Crippen LogP contribution in [0.2, 0.25) is 0 Å². The number of aliphatic carboxylic acids is 1. The van der Waals surface area contributed by atoms with Crippen molar-refractivity contribution in [1.29, 1.82) is 0 Å². The summed E-state index contributed by atoms with van der Waals surface area (Å²) in [6.07, 6.45) is 4.77. The van der Waals surface area contributed by atoms with Gasteiger partial charge in [0.1, 0.15) is 6.04 Å². The number of carboxylic acid groups (broad SMARTS) is 1. The number of rotatable bonds is 1. The lowest BCUT2D eigenvalue weighted by molar-refractivity contribution is -0.141. The Hall–Kier alpha value is -0.570. The third kappa shape index (κ3) is 0.829. The quantitative estimate of drug-likeness (QED) is 0.601. The molecule has 2 saturated carbocycles. The average molecular weight is 167 g/mol. The van der Waals surface area contributed by atoms with Gasteiger partial charge >= 0.3 is 5.97 Å². The number of hydrogen-bond acceptors (Lipinski definition) is 2. The predicted molar refractivity (Wildman–Crippen MR) is 42.7 cm³/mol. The van der Waals surface area contributed by atoms with Gasteiger partial charge in [-0.25, -0.2) is 0 Å². The topological polar surface area (TPSA) is 49.3 Å². The van der Waals surface area contributed by atoms with Gasteiger partial charge in [-0.1, -0.05) is 0 Å². The van der Waals surface area contributed by atoms with Crippen LogP contribution in [0, 0.1) is 11.8 Å². The molecule has 0 aromatic rings. The molecule has 0 bridgehead atoms. The maximum atomic E-state index is 10.8. The number of nitrogens with one attached hydrogen (secondary N) is 1. The Balaban J connectivity index is 1.81. The van der Waals surface area contributed by atoms with Crippen LogP contribution in [0.3, 0.4) is 0 Å². The van der Waals surface area contributed by atoms with Crippen LogP contribution in [-0.2, 0) is 4.79 Å². The van der Waals surface area contributed by atoms with Crippen LogP contribution in [0.5, 0.6) is 0 Å². The second kappa shape index (κ2) is 1.84. The Bertz CT molecular complexity index is 247. The van der Waals surface area contributed by atoms with E-state index in [1.165, 1.54) is 19.3 Å². The van der Waals surface area contributed by atoms with Crippen molar-refractivity contribution >= 4 is 5.97 Å². The summed E-state index contributed by atoms with van der Waals surface area (Å²) >= 11 is 0. The SMILES string of the molecule is O=C(O)C1NC2(CC2)CC2CC21. The minimum Gasteiger partial charge on any atom is -0.480 e. The van der Waals surface area contributed by atoms with Gasteiger partial charge in [0.05, 0.1) is 0 Å². The molecule has 1 saturated heterocycles. The van der Waals surface area contributed by atoms with Crippen molar-refractivity contribution in [1.82, 2.24) is 5.32 Å². The molecule has 0 radical (unpaired) electrons. The lowest BCUT2D eigenvalue weighted by Crippen LogP contribution is -2.50. The van der Waals surface area contributed by atoms with E-state index in [1.54, 1.807) is 0 Å². The van der Waals surface area contributed by atoms with Gasteiger partial charge in [0.25, 0.3) is 0 Å². The molecular weight excluding hydrogens is 154 g/mol. The Morgan fingerprint density at radius 1 is 1.50 bits per heavy atom. The zero-order valence-electron chi connectivity index (χ0n) is 6.92. The smallest absolute Gasteiger partial charge is 0.321 e. The molecular formula is C9H13NO2.